The maximum absolute atomic E-state index is 10.9. The van der Waals surface area contributed by atoms with Gasteiger partial charge in [-0.05, 0) is 25.0 Å². The molecule has 2 N–H and O–H groups in total. The van der Waals surface area contributed by atoms with Crippen LogP contribution in [0.15, 0.2) is 30.3 Å². The minimum Gasteiger partial charge on any atom is -0.464 e. The monoisotopic (exact) mass is 419 g/mol. The molecule has 1 aromatic carbocycles. The lowest BCUT2D eigenvalue weighted by atomic mass is 10.1. The summed E-state index contributed by atoms with van der Waals surface area (Å²) in [6.07, 6.45) is -1.35. The van der Waals surface area contributed by atoms with E-state index in [1.54, 1.807) is 37.3 Å². The Morgan fingerprint density at radius 3 is 2.08 bits per heavy atom. The first-order valence-electron chi connectivity index (χ1n) is 7.35. The number of para-hydroxylation sites is 1. The second-order valence-corrected chi connectivity index (χ2v) is 9.12. The van der Waals surface area contributed by atoms with E-state index in [4.69, 9.17) is 33.0 Å². The number of hydrogen-bond donors (Lipinski definition) is 1. The molecule has 0 fully saturated rings. The third kappa shape index (κ3) is 13.9. The summed E-state index contributed by atoms with van der Waals surface area (Å²) in [5, 5.41) is 0. The van der Waals surface area contributed by atoms with Crippen LogP contribution in [0.3, 0.4) is 0 Å². The number of rotatable bonds is 7. The third-order valence-corrected chi connectivity index (χ3v) is 3.78. The normalized spacial score (nSPS) is 11.6. The van der Waals surface area contributed by atoms with Gasteiger partial charge in [0.25, 0.3) is 0 Å². The van der Waals surface area contributed by atoms with E-state index in [0.29, 0.717) is 18.3 Å². The van der Waals surface area contributed by atoms with Crippen LogP contribution in [-0.2, 0) is 14.1 Å². The van der Waals surface area contributed by atoms with Crippen molar-refractivity contribution >= 4 is 46.9 Å². The van der Waals surface area contributed by atoms with Crippen molar-refractivity contribution in [1.29, 1.82) is 0 Å². The number of esters is 1. The van der Waals surface area contributed by atoms with Crippen LogP contribution in [0.25, 0.3) is 0 Å². The predicted molar refractivity (Wildman–Crippen MR) is 102 cm³/mol. The second-order valence-electron chi connectivity index (χ2n) is 4.92. The molecule has 140 valence electrons. The molecule has 9 heteroatoms. The Labute approximate surface area is 159 Å². The highest BCUT2D eigenvalue weighted by Gasteiger charge is 2.15. The Morgan fingerprint density at radius 2 is 1.71 bits per heavy atom. The molecule has 1 unspecified atom stereocenters. The van der Waals surface area contributed by atoms with Crippen LogP contribution >= 0.6 is 41.0 Å². The van der Waals surface area contributed by atoms with Crippen molar-refractivity contribution in [3.05, 3.63) is 30.3 Å². The minimum atomic E-state index is -3.44. The maximum atomic E-state index is 10.9. The van der Waals surface area contributed by atoms with Gasteiger partial charge in [-0.1, -0.05) is 44.9 Å². The van der Waals surface area contributed by atoms with E-state index in [-0.39, 0.29) is 18.4 Å². The fourth-order valence-corrected chi connectivity index (χ4v) is 2.31. The van der Waals surface area contributed by atoms with E-state index < -0.39 is 12.1 Å². The first kappa shape index (κ1) is 25.8. The van der Waals surface area contributed by atoms with Gasteiger partial charge in [-0.3, -0.25) is 4.79 Å². The van der Waals surface area contributed by atoms with Gasteiger partial charge in [0.05, 0.1) is 6.61 Å². The van der Waals surface area contributed by atoms with Gasteiger partial charge in [-0.15, -0.1) is 12.4 Å². The van der Waals surface area contributed by atoms with Crippen molar-refractivity contribution in [2.45, 2.75) is 39.7 Å². The summed E-state index contributed by atoms with van der Waals surface area (Å²) < 4.78 is 20.4. The molecule has 24 heavy (non-hydrogen) atoms. The first-order chi connectivity index (χ1) is 10.7. The zero-order valence-electron chi connectivity index (χ0n) is 14.0. The summed E-state index contributed by atoms with van der Waals surface area (Å²) in [5.41, 5.74) is 5.33. The Balaban J connectivity index is 0. The third-order valence-electron chi connectivity index (χ3n) is 2.94. The lowest BCUT2D eigenvalue weighted by molar-refractivity contribution is -0.146. The van der Waals surface area contributed by atoms with Gasteiger partial charge in [0.15, 0.2) is 0 Å². The molecule has 5 nitrogen and oxygen atoms in total. The fourth-order valence-electron chi connectivity index (χ4n) is 1.46. The van der Waals surface area contributed by atoms with Gasteiger partial charge in [0, 0.05) is 22.5 Å². The van der Waals surface area contributed by atoms with Crippen LogP contribution in [0, 0.1) is 5.92 Å². The zero-order valence-corrected chi connectivity index (χ0v) is 17.2. The molecule has 0 amide bonds. The summed E-state index contributed by atoms with van der Waals surface area (Å²) in [4.78, 5) is 10.9. The molecule has 0 bridgehead atoms. The molecule has 1 rings (SSSR count). The van der Waals surface area contributed by atoms with Crippen molar-refractivity contribution < 1.29 is 18.6 Å². The molecule has 0 heterocycles. The van der Waals surface area contributed by atoms with Gasteiger partial charge < -0.3 is 15.0 Å². The van der Waals surface area contributed by atoms with E-state index in [0.717, 1.165) is 12.8 Å². The Kier molecular flexibility index (Phi) is 14.8. The summed E-state index contributed by atoms with van der Waals surface area (Å²) in [5.74, 6) is 0.579. The lowest BCUT2D eigenvalue weighted by Crippen LogP contribution is -2.30. The molecule has 0 aliphatic carbocycles. The molecule has 1 atom stereocenters. The van der Waals surface area contributed by atoms with Gasteiger partial charge in [0.2, 0.25) is 0 Å². The SMILES string of the molecule is CCC(CC)COC(=O)C(C)N.Cl.O=P(Cl)(Cl)Oc1ccccc1. The first-order valence-corrected chi connectivity index (χ1v) is 10.8. The van der Waals surface area contributed by atoms with Crippen molar-refractivity contribution in [3.63, 3.8) is 0 Å². The highest BCUT2D eigenvalue weighted by atomic mass is 35.9. The van der Waals surface area contributed by atoms with Crippen LogP contribution < -0.4 is 10.3 Å². The average molecular weight is 421 g/mol. The number of carbonyl (C=O) groups is 1. The van der Waals surface area contributed by atoms with E-state index in [1.807, 2.05) is 0 Å². The average Bonchev–Trinajstić information content (AvgIpc) is 2.48. The quantitative estimate of drug-likeness (QED) is 0.473. The number of hydrogen-bond acceptors (Lipinski definition) is 5. The molecular weight excluding hydrogens is 396 g/mol. The molecule has 0 aliphatic rings. The minimum absolute atomic E-state index is 0. The molecule has 1 aromatic rings. The maximum Gasteiger partial charge on any atom is 0.428 e. The fraction of sp³-hybridized carbons (Fsp3) is 0.533. The van der Waals surface area contributed by atoms with Crippen molar-refractivity contribution in [2.24, 2.45) is 11.7 Å². The largest absolute Gasteiger partial charge is 0.464 e. The Hall–Kier alpha value is -0.450. The van der Waals surface area contributed by atoms with Crippen LogP contribution in [0.5, 0.6) is 5.75 Å². The predicted octanol–water partition coefficient (Wildman–Crippen LogP) is 5.39. The molecule has 0 radical (unpaired) electrons. The van der Waals surface area contributed by atoms with Gasteiger partial charge in [-0.25, -0.2) is 4.57 Å². The summed E-state index contributed by atoms with van der Waals surface area (Å²) in [6, 6.07) is 8.02. The molecule has 0 aliphatic heterocycles. The van der Waals surface area contributed by atoms with E-state index in [9.17, 15) is 9.36 Å². The van der Waals surface area contributed by atoms with Crippen LogP contribution in [0.1, 0.15) is 33.6 Å². The Bertz CT molecular complexity index is 493. The van der Waals surface area contributed by atoms with Crippen molar-refractivity contribution in [1.82, 2.24) is 0 Å². The van der Waals surface area contributed by atoms with E-state index in [2.05, 4.69) is 18.4 Å². The van der Waals surface area contributed by atoms with E-state index in [1.165, 1.54) is 0 Å². The Morgan fingerprint density at radius 1 is 1.21 bits per heavy atom. The van der Waals surface area contributed by atoms with Crippen LogP contribution in [0.2, 0.25) is 0 Å². The highest BCUT2D eigenvalue weighted by molar-refractivity contribution is 8.05. The molecule has 0 saturated heterocycles. The molecule has 0 saturated carbocycles. The summed E-state index contributed by atoms with van der Waals surface area (Å²) >= 11 is 10.3. The lowest BCUT2D eigenvalue weighted by Gasteiger charge is -2.13. The van der Waals surface area contributed by atoms with Crippen molar-refractivity contribution in [3.8, 4) is 5.75 Å². The number of nitrogens with two attached hydrogens (primary N) is 1. The van der Waals surface area contributed by atoms with Gasteiger partial charge in [-0.2, -0.15) is 0 Å². The molecule has 0 spiro atoms. The van der Waals surface area contributed by atoms with Gasteiger partial charge in [0.1, 0.15) is 11.8 Å². The van der Waals surface area contributed by atoms with E-state index >= 15 is 0 Å². The summed E-state index contributed by atoms with van der Waals surface area (Å²) in [6.45, 7) is 6.32. The number of ether oxygens (including phenoxy) is 1. The zero-order chi connectivity index (χ0) is 17.9. The second kappa shape index (κ2) is 13.8. The number of halogens is 3. The van der Waals surface area contributed by atoms with Crippen LogP contribution in [0.4, 0.5) is 0 Å². The standard InChI is InChI=1S/C9H19NO2.C6H5Cl2O2P.ClH/c1-4-8(5-2)6-12-9(11)7(3)10;7-11(8,9)10-6-4-2-1-3-5-6;/h7-8H,4-6,10H2,1-3H3;1-5H;1H. The molecule has 0 aromatic heterocycles. The van der Waals surface area contributed by atoms with Crippen LogP contribution in [-0.4, -0.2) is 18.6 Å². The van der Waals surface area contributed by atoms with Gasteiger partial charge >= 0.3 is 12.0 Å². The summed E-state index contributed by atoms with van der Waals surface area (Å²) in [7, 11) is 0. The number of benzene rings is 1. The van der Waals surface area contributed by atoms with Crippen molar-refractivity contribution in [2.75, 3.05) is 6.61 Å². The topological polar surface area (TPSA) is 78.6 Å². The highest BCUT2D eigenvalue weighted by Crippen LogP contribution is 2.56. The molecular formula is C15H25Cl3NO4P. The number of carbonyl (C=O) groups excluding carboxylic acids is 1. The smallest absolute Gasteiger partial charge is 0.428 e.